The zero-order valence-electron chi connectivity index (χ0n) is 7.83. The fourth-order valence-corrected chi connectivity index (χ4v) is 1.39. The smallest absolute Gasteiger partial charge is 0.303 e. The number of aromatic hydroxyl groups is 1. The highest BCUT2D eigenvalue weighted by molar-refractivity contribution is 6.32. The van der Waals surface area contributed by atoms with Crippen LogP contribution in [0.2, 0.25) is 5.02 Å². The Balaban J connectivity index is 2.70. The van der Waals surface area contributed by atoms with Gasteiger partial charge in [-0.3, -0.25) is 4.79 Å². The second-order valence-electron chi connectivity index (χ2n) is 3.12. The number of halogens is 2. The van der Waals surface area contributed by atoms with E-state index in [1.165, 1.54) is 12.1 Å². The van der Waals surface area contributed by atoms with Crippen LogP contribution in [0.4, 0.5) is 4.39 Å². The second-order valence-corrected chi connectivity index (χ2v) is 3.50. The van der Waals surface area contributed by atoms with Crippen molar-refractivity contribution in [2.45, 2.75) is 19.3 Å². The van der Waals surface area contributed by atoms with Gasteiger partial charge in [0.1, 0.15) is 16.6 Å². The molecule has 0 saturated heterocycles. The van der Waals surface area contributed by atoms with Crippen molar-refractivity contribution >= 4 is 17.6 Å². The summed E-state index contributed by atoms with van der Waals surface area (Å²) in [6.45, 7) is 0. The maximum Gasteiger partial charge on any atom is 0.303 e. The molecule has 1 rings (SSSR count). The van der Waals surface area contributed by atoms with E-state index in [2.05, 4.69) is 0 Å². The first kappa shape index (κ1) is 11.8. The van der Waals surface area contributed by atoms with Gasteiger partial charge in [-0.25, -0.2) is 4.39 Å². The third-order valence-electron chi connectivity index (χ3n) is 1.98. The molecule has 3 nitrogen and oxygen atoms in total. The Hall–Kier alpha value is -1.29. The fourth-order valence-electron chi connectivity index (χ4n) is 1.20. The van der Waals surface area contributed by atoms with Crippen LogP contribution in [0, 0.1) is 5.82 Å². The highest BCUT2D eigenvalue weighted by Gasteiger charge is 2.10. The van der Waals surface area contributed by atoms with Crippen LogP contribution in [0.15, 0.2) is 12.1 Å². The number of carboxylic acid groups (broad SMARTS) is 1. The Morgan fingerprint density at radius 1 is 1.47 bits per heavy atom. The molecule has 0 heterocycles. The molecule has 0 unspecified atom stereocenters. The van der Waals surface area contributed by atoms with E-state index in [1.54, 1.807) is 0 Å². The average Bonchev–Trinajstić information content (AvgIpc) is 2.18. The Kier molecular flexibility index (Phi) is 3.91. The first-order chi connectivity index (χ1) is 7.02. The van der Waals surface area contributed by atoms with E-state index < -0.39 is 11.8 Å². The van der Waals surface area contributed by atoms with E-state index in [-0.39, 0.29) is 23.6 Å². The van der Waals surface area contributed by atoms with E-state index in [1.807, 2.05) is 0 Å². The summed E-state index contributed by atoms with van der Waals surface area (Å²) in [5, 5.41) is 17.2. The topological polar surface area (TPSA) is 57.5 Å². The number of phenols is 1. The van der Waals surface area contributed by atoms with Gasteiger partial charge in [-0.15, -0.1) is 0 Å². The van der Waals surface area contributed by atoms with E-state index in [9.17, 15) is 9.18 Å². The molecule has 0 aliphatic carbocycles. The lowest BCUT2D eigenvalue weighted by molar-refractivity contribution is -0.137. The molecule has 0 spiro atoms. The van der Waals surface area contributed by atoms with Crippen LogP contribution in [0.1, 0.15) is 18.4 Å². The van der Waals surface area contributed by atoms with E-state index >= 15 is 0 Å². The maximum atomic E-state index is 13.3. The van der Waals surface area contributed by atoms with Crippen LogP contribution in [0.3, 0.4) is 0 Å². The third-order valence-corrected chi connectivity index (χ3v) is 2.34. The first-order valence-corrected chi connectivity index (χ1v) is 4.78. The summed E-state index contributed by atoms with van der Waals surface area (Å²) in [7, 11) is 0. The number of carboxylic acids is 1. The minimum atomic E-state index is -0.916. The highest BCUT2D eigenvalue weighted by Crippen LogP contribution is 2.28. The summed E-state index contributed by atoms with van der Waals surface area (Å²) in [6.07, 6.45) is 0.615. The zero-order valence-corrected chi connectivity index (χ0v) is 8.59. The molecule has 0 aliphatic rings. The summed E-state index contributed by atoms with van der Waals surface area (Å²) in [6, 6.07) is 2.69. The van der Waals surface area contributed by atoms with Gasteiger partial charge in [0.25, 0.3) is 0 Å². The molecule has 82 valence electrons. The van der Waals surface area contributed by atoms with Gasteiger partial charge in [-0.2, -0.15) is 0 Å². The molecule has 0 amide bonds. The quantitative estimate of drug-likeness (QED) is 0.839. The molecule has 15 heavy (non-hydrogen) atoms. The summed E-state index contributed by atoms with van der Waals surface area (Å²) in [5.41, 5.74) is 0.319. The lowest BCUT2D eigenvalue weighted by Crippen LogP contribution is -1.97. The molecule has 1 aromatic carbocycles. The average molecular weight is 233 g/mol. The Labute approximate surface area is 91.1 Å². The molecule has 0 aromatic heterocycles. The SMILES string of the molecule is O=C(O)CCCc1ccc(O)c(Cl)c1F. The monoisotopic (exact) mass is 232 g/mol. The summed E-state index contributed by atoms with van der Waals surface area (Å²) in [4.78, 5) is 10.2. The van der Waals surface area contributed by atoms with Crippen molar-refractivity contribution in [2.24, 2.45) is 0 Å². The van der Waals surface area contributed by atoms with Gasteiger partial charge in [-0.1, -0.05) is 17.7 Å². The molecule has 5 heteroatoms. The van der Waals surface area contributed by atoms with Gasteiger partial charge in [0, 0.05) is 6.42 Å². The molecular formula is C10H10ClFO3. The van der Waals surface area contributed by atoms with Crippen molar-refractivity contribution in [3.63, 3.8) is 0 Å². The predicted octanol–water partition coefficient (Wildman–Crippen LogP) is 2.59. The van der Waals surface area contributed by atoms with E-state index in [0.29, 0.717) is 12.0 Å². The second kappa shape index (κ2) is 4.98. The molecule has 0 fully saturated rings. The number of aryl methyl sites for hydroxylation is 1. The van der Waals surface area contributed by atoms with Crippen LogP contribution in [0.5, 0.6) is 5.75 Å². The van der Waals surface area contributed by atoms with E-state index in [4.69, 9.17) is 21.8 Å². The normalized spacial score (nSPS) is 10.3. The predicted molar refractivity (Wildman–Crippen MR) is 53.6 cm³/mol. The van der Waals surface area contributed by atoms with Crippen LogP contribution < -0.4 is 0 Å². The van der Waals surface area contributed by atoms with Gasteiger partial charge < -0.3 is 10.2 Å². The van der Waals surface area contributed by atoms with Gasteiger partial charge in [0.15, 0.2) is 0 Å². The molecule has 2 N–H and O–H groups in total. The minimum absolute atomic E-state index is 0.0159. The minimum Gasteiger partial charge on any atom is -0.506 e. The van der Waals surface area contributed by atoms with Gasteiger partial charge in [0.05, 0.1) is 0 Å². The van der Waals surface area contributed by atoms with Crippen LogP contribution in [-0.4, -0.2) is 16.2 Å². The number of rotatable bonds is 4. The summed E-state index contributed by atoms with van der Waals surface area (Å²) < 4.78 is 13.3. The number of phenolic OH excluding ortho intramolecular Hbond substituents is 1. The van der Waals surface area contributed by atoms with Crippen molar-refractivity contribution in [3.05, 3.63) is 28.5 Å². The summed E-state index contributed by atoms with van der Waals surface area (Å²) in [5.74, 6) is -1.90. The first-order valence-electron chi connectivity index (χ1n) is 4.40. The van der Waals surface area contributed by atoms with Crippen molar-refractivity contribution in [3.8, 4) is 5.75 Å². The molecule has 0 atom stereocenters. The molecule has 0 aliphatic heterocycles. The molecule has 0 saturated carbocycles. The standard InChI is InChI=1S/C10H10ClFO3/c11-9-7(13)5-4-6(10(9)12)2-1-3-8(14)15/h4-5,13H,1-3H2,(H,14,15). The number of hydrogen-bond acceptors (Lipinski definition) is 2. The van der Waals surface area contributed by atoms with Crippen LogP contribution in [-0.2, 0) is 11.2 Å². The molecular weight excluding hydrogens is 223 g/mol. The molecule has 1 aromatic rings. The highest BCUT2D eigenvalue weighted by atomic mass is 35.5. The summed E-state index contributed by atoms with van der Waals surface area (Å²) >= 11 is 5.48. The third kappa shape index (κ3) is 3.09. The van der Waals surface area contributed by atoms with Gasteiger partial charge in [-0.05, 0) is 24.5 Å². The number of hydrogen-bond donors (Lipinski definition) is 2. The lowest BCUT2D eigenvalue weighted by Gasteiger charge is -2.04. The van der Waals surface area contributed by atoms with Crippen molar-refractivity contribution < 1.29 is 19.4 Å². The Bertz CT molecular complexity index is 379. The molecule has 0 bridgehead atoms. The van der Waals surface area contributed by atoms with Crippen LogP contribution >= 0.6 is 11.6 Å². The number of carbonyl (C=O) groups is 1. The fraction of sp³-hybridized carbons (Fsp3) is 0.300. The van der Waals surface area contributed by atoms with Crippen LogP contribution in [0.25, 0.3) is 0 Å². The number of benzene rings is 1. The lowest BCUT2D eigenvalue weighted by atomic mass is 10.1. The van der Waals surface area contributed by atoms with Gasteiger partial charge >= 0.3 is 5.97 Å². The molecule has 0 radical (unpaired) electrons. The maximum absolute atomic E-state index is 13.3. The van der Waals surface area contributed by atoms with Crippen molar-refractivity contribution in [1.29, 1.82) is 0 Å². The number of aliphatic carboxylic acids is 1. The van der Waals surface area contributed by atoms with E-state index in [0.717, 1.165) is 0 Å². The Morgan fingerprint density at radius 2 is 2.13 bits per heavy atom. The van der Waals surface area contributed by atoms with Gasteiger partial charge in [0.2, 0.25) is 0 Å². The largest absolute Gasteiger partial charge is 0.506 e. The van der Waals surface area contributed by atoms with Crippen molar-refractivity contribution in [1.82, 2.24) is 0 Å². The zero-order chi connectivity index (χ0) is 11.4. The Morgan fingerprint density at radius 3 is 2.73 bits per heavy atom. The van der Waals surface area contributed by atoms with Crippen molar-refractivity contribution in [2.75, 3.05) is 0 Å².